The summed E-state index contributed by atoms with van der Waals surface area (Å²) in [6.07, 6.45) is 2.12. The van der Waals surface area contributed by atoms with Gasteiger partial charge in [0.25, 0.3) is 23.6 Å². The Bertz CT molecular complexity index is 1550. The molecular formula is C35H46N6O7. The maximum absolute atomic E-state index is 14.3. The van der Waals surface area contributed by atoms with E-state index >= 15 is 0 Å². The number of amides is 4. The van der Waals surface area contributed by atoms with Crippen LogP contribution in [0.4, 0.5) is 5.69 Å². The van der Waals surface area contributed by atoms with Crippen molar-refractivity contribution in [1.29, 1.82) is 0 Å². The van der Waals surface area contributed by atoms with Gasteiger partial charge in [-0.05, 0) is 44.0 Å². The van der Waals surface area contributed by atoms with Gasteiger partial charge in [0.05, 0.1) is 50.8 Å². The number of benzene rings is 2. The van der Waals surface area contributed by atoms with Crippen LogP contribution in [0.2, 0.25) is 0 Å². The topological polar surface area (TPSA) is 124 Å². The minimum Gasteiger partial charge on any atom is -0.384 e. The van der Waals surface area contributed by atoms with Gasteiger partial charge in [0.2, 0.25) is 0 Å². The molecule has 2 aromatic carbocycles. The van der Waals surface area contributed by atoms with Gasteiger partial charge < -0.3 is 19.5 Å². The Morgan fingerprint density at radius 2 is 0.958 bits per heavy atom. The molecular weight excluding hydrogens is 616 g/mol. The van der Waals surface area contributed by atoms with Crippen molar-refractivity contribution in [3.8, 4) is 0 Å². The third-order valence-corrected chi connectivity index (χ3v) is 10.2. The van der Waals surface area contributed by atoms with E-state index in [-0.39, 0.29) is 36.7 Å². The van der Waals surface area contributed by atoms with E-state index in [0.29, 0.717) is 84.5 Å². The first-order valence-electron chi connectivity index (χ1n) is 17.5. The summed E-state index contributed by atoms with van der Waals surface area (Å²) in [7, 11) is 0. The van der Waals surface area contributed by atoms with Crippen molar-refractivity contribution in [2.75, 3.05) is 123 Å². The molecule has 0 unspecified atom stereocenters. The van der Waals surface area contributed by atoms with Crippen LogP contribution in [0.15, 0.2) is 18.2 Å². The Morgan fingerprint density at radius 1 is 0.521 bits per heavy atom. The second-order valence-electron chi connectivity index (χ2n) is 13.1. The molecule has 1 N–H and O–H groups in total. The van der Waals surface area contributed by atoms with Crippen LogP contribution in [0.25, 0.3) is 10.8 Å². The van der Waals surface area contributed by atoms with Gasteiger partial charge in [0, 0.05) is 99.6 Å². The molecule has 2 aromatic rings. The predicted octanol–water partition coefficient (Wildman–Crippen LogP) is 1.61. The fraction of sp³-hybridized carbons (Fsp3) is 0.600. The van der Waals surface area contributed by atoms with Crippen LogP contribution in [0.5, 0.6) is 0 Å². The lowest BCUT2D eigenvalue weighted by atomic mass is 9.84. The van der Waals surface area contributed by atoms with Gasteiger partial charge in [-0.2, -0.15) is 0 Å². The lowest BCUT2D eigenvalue weighted by Crippen LogP contribution is -2.45. The molecule has 0 saturated carbocycles. The third kappa shape index (κ3) is 6.72. The van der Waals surface area contributed by atoms with Gasteiger partial charge in [-0.15, -0.1) is 0 Å². The summed E-state index contributed by atoms with van der Waals surface area (Å²) in [6.45, 7) is 12.9. The highest BCUT2D eigenvalue weighted by Gasteiger charge is 2.41. The first kappa shape index (κ1) is 33.1. The molecule has 5 heterocycles. The van der Waals surface area contributed by atoms with E-state index in [2.05, 4.69) is 20.0 Å². The largest absolute Gasteiger partial charge is 0.384 e. The van der Waals surface area contributed by atoms with Crippen molar-refractivity contribution in [2.45, 2.75) is 19.3 Å². The zero-order valence-electron chi connectivity index (χ0n) is 27.7. The number of nitrogens with zero attached hydrogens (tertiary/aromatic N) is 5. The van der Waals surface area contributed by atoms with Gasteiger partial charge in [-0.1, -0.05) is 0 Å². The average Bonchev–Trinajstić information content (AvgIpc) is 3.12. The van der Waals surface area contributed by atoms with Gasteiger partial charge in [0.1, 0.15) is 0 Å². The highest BCUT2D eigenvalue weighted by molar-refractivity contribution is 6.34. The van der Waals surface area contributed by atoms with E-state index in [4.69, 9.17) is 14.2 Å². The van der Waals surface area contributed by atoms with E-state index in [1.165, 1.54) is 9.80 Å². The SMILES string of the molecule is O=C1c2ccc3c4c(c(NCCCN5CCOCC5)cc(c24)C(=O)N1CCCN1CCOCC1)C(=O)N(CCCN1CCOCC1)C3=O. The molecule has 5 aliphatic rings. The average molecular weight is 663 g/mol. The molecule has 258 valence electrons. The summed E-state index contributed by atoms with van der Waals surface area (Å²) >= 11 is 0. The van der Waals surface area contributed by atoms with Crippen LogP contribution in [-0.4, -0.2) is 166 Å². The van der Waals surface area contributed by atoms with Crippen molar-refractivity contribution < 1.29 is 33.4 Å². The number of carbonyl (C=O) groups is 4. The molecule has 0 spiro atoms. The van der Waals surface area contributed by atoms with Crippen LogP contribution in [-0.2, 0) is 14.2 Å². The standard InChI is InChI=1S/C35H46N6O7/c42-32-25-4-5-26-30-29(25)27(34(44)40(32)10-2-8-38-14-20-47-21-15-38)24-28(36-6-1-7-37-12-18-46-19-13-37)31(30)35(45)41(33(26)43)11-3-9-39-16-22-48-23-17-39/h4-5,24,36H,1-3,6-23H2. The Balaban J connectivity index is 1.16. The molecule has 0 aromatic heterocycles. The molecule has 4 amide bonds. The second-order valence-corrected chi connectivity index (χ2v) is 13.1. The van der Waals surface area contributed by atoms with Gasteiger partial charge in [0.15, 0.2) is 0 Å². The number of rotatable bonds is 13. The lowest BCUT2D eigenvalue weighted by molar-refractivity contribution is 0.0351. The summed E-state index contributed by atoms with van der Waals surface area (Å²) in [4.78, 5) is 65.7. The fourth-order valence-corrected chi connectivity index (χ4v) is 7.52. The van der Waals surface area contributed by atoms with Crippen LogP contribution in [0.1, 0.15) is 60.7 Å². The van der Waals surface area contributed by atoms with Crippen molar-refractivity contribution >= 4 is 40.1 Å². The van der Waals surface area contributed by atoms with E-state index in [9.17, 15) is 19.2 Å². The van der Waals surface area contributed by atoms with Crippen molar-refractivity contribution in [1.82, 2.24) is 24.5 Å². The predicted molar refractivity (Wildman–Crippen MR) is 179 cm³/mol. The Morgan fingerprint density at radius 3 is 1.48 bits per heavy atom. The number of ether oxygens (including phenoxy) is 3. The van der Waals surface area contributed by atoms with E-state index in [1.54, 1.807) is 18.2 Å². The number of morpholine rings is 3. The molecule has 48 heavy (non-hydrogen) atoms. The summed E-state index contributed by atoms with van der Waals surface area (Å²) in [5.74, 6) is -1.54. The number of hydrogen-bond acceptors (Lipinski definition) is 11. The number of carbonyl (C=O) groups excluding carboxylic acids is 4. The smallest absolute Gasteiger partial charge is 0.263 e. The van der Waals surface area contributed by atoms with Crippen LogP contribution < -0.4 is 5.32 Å². The summed E-state index contributed by atoms with van der Waals surface area (Å²) < 4.78 is 16.4. The number of hydrogen-bond donors (Lipinski definition) is 1. The zero-order chi connectivity index (χ0) is 33.0. The Kier molecular flexibility index (Phi) is 10.3. The summed E-state index contributed by atoms with van der Waals surface area (Å²) in [6, 6.07) is 5.06. The van der Waals surface area contributed by atoms with Crippen LogP contribution in [0, 0.1) is 0 Å². The number of nitrogens with one attached hydrogen (secondary N) is 1. The molecule has 0 aliphatic carbocycles. The molecule has 3 saturated heterocycles. The number of imide groups is 2. The van der Waals surface area contributed by atoms with E-state index < -0.39 is 0 Å². The zero-order valence-corrected chi connectivity index (χ0v) is 27.7. The highest BCUT2D eigenvalue weighted by Crippen LogP contribution is 2.41. The molecule has 3 fully saturated rings. The molecule has 0 radical (unpaired) electrons. The second kappa shape index (κ2) is 15.0. The number of anilines is 1. The Labute approximate surface area is 281 Å². The van der Waals surface area contributed by atoms with E-state index in [1.807, 2.05) is 0 Å². The normalized spacial score (nSPS) is 21.1. The summed E-state index contributed by atoms with van der Waals surface area (Å²) in [5, 5.41) is 4.29. The minimum atomic E-state index is -0.387. The Hall–Kier alpha value is -3.46. The van der Waals surface area contributed by atoms with Gasteiger partial charge >= 0.3 is 0 Å². The molecule has 0 bridgehead atoms. The molecule has 5 aliphatic heterocycles. The quantitative estimate of drug-likeness (QED) is 0.249. The summed E-state index contributed by atoms with van der Waals surface area (Å²) in [5.41, 5.74) is 1.97. The maximum Gasteiger partial charge on any atom is 0.263 e. The van der Waals surface area contributed by atoms with Gasteiger partial charge in [-0.3, -0.25) is 43.7 Å². The maximum atomic E-state index is 14.3. The van der Waals surface area contributed by atoms with Crippen molar-refractivity contribution in [3.05, 3.63) is 40.5 Å². The first-order chi connectivity index (χ1) is 23.5. The monoisotopic (exact) mass is 662 g/mol. The lowest BCUT2D eigenvalue weighted by Gasteiger charge is -2.34. The highest BCUT2D eigenvalue weighted by atomic mass is 16.5. The van der Waals surface area contributed by atoms with Crippen molar-refractivity contribution in [3.63, 3.8) is 0 Å². The third-order valence-electron chi connectivity index (χ3n) is 10.2. The fourth-order valence-electron chi connectivity index (χ4n) is 7.52. The molecule has 7 rings (SSSR count). The van der Waals surface area contributed by atoms with E-state index in [0.717, 1.165) is 78.5 Å². The van der Waals surface area contributed by atoms with Crippen LogP contribution >= 0.6 is 0 Å². The molecule has 13 heteroatoms. The molecule has 13 nitrogen and oxygen atoms in total. The van der Waals surface area contributed by atoms with Gasteiger partial charge in [-0.25, -0.2) is 0 Å². The first-order valence-corrected chi connectivity index (χ1v) is 17.5. The van der Waals surface area contributed by atoms with Crippen LogP contribution in [0.3, 0.4) is 0 Å². The molecule has 0 atom stereocenters. The minimum absolute atomic E-state index is 0.282. The van der Waals surface area contributed by atoms with Crippen molar-refractivity contribution in [2.24, 2.45) is 0 Å².